The summed E-state index contributed by atoms with van der Waals surface area (Å²) in [5.41, 5.74) is -0.101. The highest BCUT2D eigenvalue weighted by Gasteiger charge is 2.19. The molecule has 1 aromatic carbocycles. The molecule has 0 amide bonds. The fourth-order valence-electron chi connectivity index (χ4n) is 2.56. The summed E-state index contributed by atoms with van der Waals surface area (Å²) in [5, 5.41) is 11.0. The SMILES string of the molecule is O=c1[nH]ccc2ccc(OCCN3CC[C@@H](O)C3)cc12. The molecule has 20 heavy (non-hydrogen) atoms. The van der Waals surface area contributed by atoms with E-state index in [0.29, 0.717) is 17.7 Å². The lowest BCUT2D eigenvalue weighted by Crippen LogP contribution is -2.27. The van der Waals surface area contributed by atoms with Crippen LogP contribution in [0.2, 0.25) is 0 Å². The average molecular weight is 274 g/mol. The van der Waals surface area contributed by atoms with Crippen molar-refractivity contribution >= 4 is 10.8 Å². The third kappa shape index (κ3) is 2.84. The monoisotopic (exact) mass is 274 g/mol. The van der Waals surface area contributed by atoms with Crippen LogP contribution in [0.4, 0.5) is 0 Å². The molecule has 2 heterocycles. The molecule has 2 N–H and O–H groups in total. The summed E-state index contributed by atoms with van der Waals surface area (Å²) in [5.74, 6) is 0.703. The molecule has 0 aliphatic carbocycles. The Hall–Kier alpha value is -1.85. The molecule has 1 aromatic heterocycles. The molecule has 0 unspecified atom stereocenters. The number of H-pyrrole nitrogens is 1. The zero-order valence-electron chi connectivity index (χ0n) is 11.2. The van der Waals surface area contributed by atoms with Gasteiger partial charge in [0.15, 0.2) is 0 Å². The van der Waals surface area contributed by atoms with Crippen LogP contribution in [-0.2, 0) is 0 Å². The number of hydrogen-bond acceptors (Lipinski definition) is 4. The van der Waals surface area contributed by atoms with Crippen LogP contribution in [0.5, 0.6) is 5.75 Å². The van der Waals surface area contributed by atoms with Gasteiger partial charge < -0.3 is 14.8 Å². The highest BCUT2D eigenvalue weighted by Crippen LogP contribution is 2.17. The van der Waals surface area contributed by atoms with Gasteiger partial charge in [0.2, 0.25) is 0 Å². The summed E-state index contributed by atoms with van der Waals surface area (Å²) in [4.78, 5) is 16.5. The number of aromatic nitrogens is 1. The van der Waals surface area contributed by atoms with Crippen molar-refractivity contribution in [1.29, 1.82) is 0 Å². The standard InChI is InChI=1S/C15H18N2O3/c18-12-4-6-17(10-12)7-8-20-13-2-1-11-3-5-16-15(19)14(11)9-13/h1-3,5,9,12,18H,4,6-8,10H2,(H,16,19)/t12-/m1/s1. The molecule has 5 heteroatoms. The summed E-state index contributed by atoms with van der Waals surface area (Å²) in [6.45, 7) is 2.99. The van der Waals surface area contributed by atoms with Crippen LogP contribution in [-0.4, -0.2) is 47.3 Å². The minimum absolute atomic E-state index is 0.101. The molecule has 106 valence electrons. The van der Waals surface area contributed by atoms with Gasteiger partial charge in [0.05, 0.1) is 11.5 Å². The number of hydrogen-bond donors (Lipinski definition) is 2. The summed E-state index contributed by atoms with van der Waals surface area (Å²) >= 11 is 0. The number of pyridine rings is 1. The van der Waals surface area contributed by atoms with E-state index in [1.54, 1.807) is 12.3 Å². The average Bonchev–Trinajstić information content (AvgIpc) is 2.85. The molecule has 1 aliphatic heterocycles. The van der Waals surface area contributed by atoms with E-state index in [1.807, 2.05) is 18.2 Å². The van der Waals surface area contributed by atoms with Crippen molar-refractivity contribution in [1.82, 2.24) is 9.88 Å². The largest absolute Gasteiger partial charge is 0.492 e. The maximum absolute atomic E-state index is 11.7. The maximum atomic E-state index is 11.7. The number of nitrogens with one attached hydrogen (secondary N) is 1. The Labute approximate surface area is 116 Å². The van der Waals surface area contributed by atoms with Crippen LogP contribution in [0.15, 0.2) is 35.3 Å². The van der Waals surface area contributed by atoms with Crippen molar-refractivity contribution in [2.75, 3.05) is 26.2 Å². The van der Waals surface area contributed by atoms with Gasteiger partial charge in [0, 0.05) is 25.8 Å². The summed E-state index contributed by atoms with van der Waals surface area (Å²) in [6.07, 6.45) is 2.28. The van der Waals surface area contributed by atoms with E-state index >= 15 is 0 Å². The minimum Gasteiger partial charge on any atom is -0.492 e. The number of aliphatic hydroxyl groups excluding tert-OH is 1. The van der Waals surface area contributed by atoms with E-state index in [-0.39, 0.29) is 11.7 Å². The first-order valence-electron chi connectivity index (χ1n) is 6.87. The number of likely N-dealkylation sites (tertiary alicyclic amines) is 1. The molecule has 5 nitrogen and oxygen atoms in total. The molecule has 1 saturated heterocycles. The number of nitrogens with zero attached hydrogens (tertiary/aromatic N) is 1. The normalized spacial score (nSPS) is 19.6. The highest BCUT2D eigenvalue weighted by atomic mass is 16.5. The smallest absolute Gasteiger partial charge is 0.255 e. The van der Waals surface area contributed by atoms with E-state index < -0.39 is 0 Å². The predicted molar refractivity (Wildman–Crippen MR) is 77.1 cm³/mol. The Morgan fingerprint density at radius 1 is 1.40 bits per heavy atom. The number of aromatic amines is 1. The fraction of sp³-hybridized carbons (Fsp3) is 0.400. The molecule has 3 rings (SSSR count). The highest BCUT2D eigenvalue weighted by molar-refractivity contribution is 5.82. The molecule has 1 aliphatic rings. The Morgan fingerprint density at radius 3 is 3.10 bits per heavy atom. The fourth-order valence-corrected chi connectivity index (χ4v) is 2.56. The lowest BCUT2D eigenvalue weighted by atomic mass is 10.2. The van der Waals surface area contributed by atoms with E-state index in [4.69, 9.17) is 4.74 Å². The number of fused-ring (bicyclic) bond motifs is 1. The number of ether oxygens (including phenoxy) is 1. The second-order valence-corrected chi connectivity index (χ2v) is 5.15. The van der Waals surface area contributed by atoms with E-state index in [9.17, 15) is 9.90 Å². The quantitative estimate of drug-likeness (QED) is 0.872. The first-order chi connectivity index (χ1) is 9.72. The van der Waals surface area contributed by atoms with Crippen molar-refractivity contribution in [2.24, 2.45) is 0 Å². The molecular formula is C15H18N2O3. The molecular weight excluding hydrogens is 256 g/mol. The summed E-state index contributed by atoms with van der Waals surface area (Å²) < 4.78 is 5.69. The molecule has 0 bridgehead atoms. The molecule has 2 aromatic rings. The molecule has 0 radical (unpaired) electrons. The zero-order valence-corrected chi connectivity index (χ0v) is 11.2. The third-order valence-corrected chi connectivity index (χ3v) is 3.67. The van der Waals surface area contributed by atoms with Crippen LogP contribution < -0.4 is 10.3 Å². The summed E-state index contributed by atoms with van der Waals surface area (Å²) in [6, 6.07) is 7.40. The van der Waals surface area contributed by atoms with Crippen molar-refractivity contribution < 1.29 is 9.84 Å². The Morgan fingerprint density at radius 2 is 2.30 bits per heavy atom. The van der Waals surface area contributed by atoms with Crippen LogP contribution >= 0.6 is 0 Å². The van der Waals surface area contributed by atoms with Crippen molar-refractivity contribution in [3.63, 3.8) is 0 Å². The second kappa shape index (κ2) is 5.64. The summed E-state index contributed by atoms with van der Waals surface area (Å²) in [7, 11) is 0. The number of aliphatic hydroxyl groups is 1. The number of β-amino-alcohol motifs (C(OH)–C–C–N with tert-alkyl or cyclic N) is 1. The Balaban J connectivity index is 1.63. The van der Waals surface area contributed by atoms with Crippen LogP contribution in [0.1, 0.15) is 6.42 Å². The van der Waals surface area contributed by atoms with Gasteiger partial charge in [-0.25, -0.2) is 0 Å². The molecule has 1 atom stereocenters. The van der Waals surface area contributed by atoms with Crippen molar-refractivity contribution in [2.45, 2.75) is 12.5 Å². The van der Waals surface area contributed by atoms with Crippen LogP contribution in [0, 0.1) is 0 Å². The van der Waals surface area contributed by atoms with Crippen molar-refractivity contribution in [3.8, 4) is 5.75 Å². The van der Waals surface area contributed by atoms with Gasteiger partial charge in [-0.05, 0) is 30.0 Å². The Bertz CT molecular complexity index is 653. The maximum Gasteiger partial charge on any atom is 0.255 e. The van der Waals surface area contributed by atoms with E-state index in [0.717, 1.165) is 31.4 Å². The second-order valence-electron chi connectivity index (χ2n) is 5.15. The predicted octanol–water partition coefficient (Wildman–Crippen LogP) is 0.973. The van der Waals surface area contributed by atoms with Gasteiger partial charge in [-0.2, -0.15) is 0 Å². The molecule has 1 fully saturated rings. The zero-order chi connectivity index (χ0) is 13.9. The lowest BCUT2D eigenvalue weighted by molar-refractivity contribution is 0.167. The first kappa shape index (κ1) is 13.1. The van der Waals surface area contributed by atoms with Crippen LogP contribution in [0.3, 0.4) is 0 Å². The van der Waals surface area contributed by atoms with Gasteiger partial charge in [-0.15, -0.1) is 0 Å². The van der Waals surface area contributed by atoms with Gasteiger partial charge >= 0.3 is 0 Å². The number of rotatable bonds is 4. The molecule has 0 saturated carbocycles. The number of benzene rings is 1. The van der Waals surface area contributed by atoms with Gasteiger partial charge in [-0.1, -0.05) is 6.07 Å². The third-order valence-electron chi connectivity index (χ3n) is 3.67. The first-order valence-corrected chi connectivity index (χ1v) is 6.87. The topological polar surface area (TPSA) is 65.6 Å². The van der Waals surface area contributed by atoms with E-state index in [2.05, 4.69) is 9.88 Å². The lowest BCUT2D eigenvalue weighted by Gasteiger charge is -2.15. The van der Waals surface area contributed by atoms with Gasteiger partial charge in [-0.3, -0.25) is 9.69 Å². The Kier molecular flexibility index (Phi) is 3.71. The minimum atomic E-state index is -0.200. The van der Waals surface area contributed by atoms with Crippen molar-refractivity contribution in [3.05, 3.63) is 40.8 Å². The van der Waals surface area contributed by atoms with Gasteiger partial charge in [0.25, 0.3) is 5.56 Å². The van der Waals surface area contributed by atoms with Gasteiger partial charge in [0.1, 0.15) is 12.4 Å². The van der Waals surface area contributed by atoms with Crippen LogP contribution in [0.25, 0.3) is 10.8 Å². The molecule has 0 spiro atoms. The van der Waals surface area contributed by atoms with E-state index in [1.165, 1.54) is 0 Å².